The van der Waals surface area contributed by atoms with Gasteiger partial charge in [0.2, 0.25) is 0 Å². The van der Waals surface area contributed by atoms with Crippen LogP contribution in [0, 0.1) is 0 Å². The Bertz CT molecular complexity index is 171. The predicted molar refractivity (Wildman–Crippen MR) is 69.2 cm³/mol. The topological polar surface area (TPSA) is 0 Å². The van der Waals surface area contributed by atoms with Crippen LogP contribution in [-0.4, -0.2) is 29.0 Å². The maximum atomic E-state index is 2.51. The second kappa shape index (κ2) is 3.72. The maximum absolute atomic E-state index is 2.51. The van der Waals surface area contributed by atoms with Crippen molar-refractivity contribution in [3.8, 4) is 0 Å². The molecule has 0 heterocycles. The Labute approximate surface area is 81.6 Å². The highest BCUT2D eigenvalue weighted by Gasteiger charge is 2.31. The van der Waals surface area contributed by atoms with Crippen LogP contribution in [0.5, 0.6) is 0 Å². The predicted octanol–water partition coefficient (Wildman–Crippen LogP) is 3.25. The van der Waals surface area contributed by atoms with E-state index in [2.05, 4.69) is 52.4 Å². The van der Waals surface area contributed by atoms with Gasteiger partial charge in [-0.3, -0.25) is 0 Å². The van der Waals surface area contributed by atoms with Crippen LogP contribution in [0.1, 0.15) is 0 Å². The fraction of sp³-hybridized carbons (Fsp3) is 0.889. The van der Waals surface area contributed by atoms with Crippen molar-refractivity contribution in [3.05, 3.63) is 0 Å². The summed E-state index contributed by atoms with van der Waals surface area (Å²) >= 11 is 0. The van der Waals surface area contributed by atoms with E-state index in [1.807, 2.05) is 4.42 Å². The standard InChI is InChI=1S/C9H24Si3/c1-10(2)9(11(3,4)5)12(6,7)8/h1-8H3. The number of rotatable bonds is 2. The Hall–Kier alpha value is 0.521. The first kappa shape index (κ1) is 12.5. The largest absolute Gasteiger partial charge is 0.110 e. The van der Waals surface area contributed by atoms with E-state index >= 15 is 0 Å². The second-order valence-electron chi connectivity index (χ2n) is 5.88. The summed E-state index contributed by atoms with van der Waals surface area (Å²) in [5, 5.41) is 0. The fourth-order valence-electron chi connectivity index (χ4n) is 2.62. The average molecular weight is 217 g/mol. The highest BCUT2D eigenvalue weighted by molar-refractivity contribution is 7.40. The van der Waals surface area contributed by atoms with Crippen molar-refractivity contribution < 1.29 is 0 Å². The minimum atomic E-state index is -0.961. The fourth-order valence-corrected chi connectivity index (χ4v) is 23.6. The van der Waals surface area contributed by atoms with Gasteiger partial charge in [-0.25, -0.2) is 0 Å². The molecule has 0 bridgehead atoms. The molecule has 0 aromatic rings. The molecule has 0 aromatic heterocycles. The van der Waals surface area contributed by atoms with Crippen molar-refractivity contribution in [3.63, 3.8) is 0 Å². The first-order valence-corrected chi connectivity index (χ1v) is 14.2. The van der Waals surface area contributed by atoms with Crippen LogP contribution in [0.3, 0.4) is 0 Å². The summed E-state index contributed by atoms with van der Waals surface area (Å²) in [4.78, 5) is 0. The molecule has 0 amide bonds. The summed E-state index contributed by atoms with van der Waals surface area (Å²) in [5.74, 6) is 0. The SMILES string of the molecule is C[Si](C)=C([Si](C)(C)C)[Si](C)(C)C. The molecular weight excluding hydrogens is 192 g/mol. The van der Waals surface area contributed by atoms with Crippen molar-refractivity contribution in [1.29, 1.82) is 0 Å². The summed E-state index contributed by atoms with van der Waals surface area (Å²) in [6.07, 6.45) is 0. The first-order valence-electron chi connectivity index (χ1n) is 4.75. The lowest BCUT2D eigenvalue weighted by Crippen LogP contribution is -2.53. The van der Waals surface area contributed by atoms with Crippen molar-refractivity contribution in [2.75, 3.05) is 0 Å². The normalized spacial score (nSPS) is 13.0. The zero-order valence-corrected chi connectivity index (χ0v) is 13.0. The van der Waals surface area contributed by atoms with Crippen LogP contribution < -0.4 is 0 Å². The first-order chi connectivity index (χ1) is 5.07. The van der Waals surface area contributed by atoms with Gasteiger partial charge in [-0.1, -0.05) is 52.4 Å². The summed E-state index contributed by atoms with van der Waals surface area (Å²) < 4.78 is 2.04. The smallest absolute Gasteiger partial charge is 0.0631 e. The van der Waals surface area contributed by atoms with Gasteiger partial charge in [-0.2, -0.15) is 0 Å². The molecule has 0 aromatic carbocycles. The second-order valence-corrected chi connectivity index (χ2v) is 19.9. The molecule has 0 rings (SSSR count). The Morgan fingerprint density at radius 2 is 1.00 bits per heavy atom. The van der Waals surface area contributed by atoms with Gasteiger partial charge < -0.3 is 0 Å². The molecule has 3 heteroatoms. The van der Waals surface area contributed by atoms with E-state index in [1.54, 1.807) is 0 Å². The molecule has 0 saturated carbocycles. The number of hydrogen-bond acceptors (Lipinski definition) is 0. The van der Waals surface area contributed by atoms with Crippen molar-refractivity contribution in [2.24, 2.45) is 0 Å². The van der Waals surface area contributed by atoms with E-state index in [1.165, 1.54) is 0 Å². The molecule has 0 aliphatic heterocycles. The zero-order chi connectivity index (χ0) is 10.2. The van der Waals surface area contributed by atoms with Crippen LogP contribution in [0.15, 0.2) is 0 Å². The molecule has 12 heavy (non-hydrogen) atoms. The Kier molecular flexibility index (Phi) is 3.88. The van der Waals surface area contributed by atoms with Crippen molar-refractivity contribution in [1.82, 2.24) is 0 Å². The molecule has 0 N–H and O–H groups in total. The molecule has 72 valence electrons. The van der Waals surface area contributed by atoms with Gasteiger partial charge in [0.15, 0.2) is 0 Å². The highest BCUT2D eigenvalue weighted by Crippen LogP contribution is 2.15. The van der Waals surface area contributed by atoms with Crippen LogP contribution in [0.2, 0.25) is 52.4 Å². The van der Waals surface area contributed by atoms with Gasteiger partial charge in [-0.05, 0) is 8.41 Å². The molecule has 0 spiro atoms. The van der Waals surface area contributed by atoms with Gasteiger partial charge in [-0.15, -0.1) is 4.42 Å². The third-order valence-electron chi connectivity index (χ3n) is 2.00. The Morgan fingerprint density at radius 3 is 1.00 bits per heavy atom. The lowest BCUT2D eigenvalue weighted by molar-refractivity contribution is 1.79. The Balaban J connectivity index is 5.13. The summed E-state index contributed by atoms with van der Waals surface area (Å²) in [6, 6.07) is 0. The van der Waals surface area contributed by atoms with Crippen LogP contribution in [0.4, 0.5) is 0 Å². The van der Waals surface area contributed by atoms with Gasteiger partial charge >= 0.3 is 0 Å². The van der Waals surface area contributed by atoms with E-state index in [9.17, 15) is 0 Å². The monoisotopic (exact) mass is 216 g/mol. The molecule has 0 aliphatic carbocycles. The molecular formula is C9H24Si3. The Morgan fingerprint density at radius 1 is 0.750 bits per heavy atom. The van der Waals surface area contributed by atoms with E-state index in [-0.39, 0.29) is 8.41 Å². The summed E-state index contributed by atoms with van der Waals surface area (Å²) in [5.41, 5.74) is 0. The molecule has 0 aliphatic rings. The molecule has 0 unspecified atom stereocenters. The summed E-state index contributed by atoms with van der Waals surface area (Å²) in [7, 11) is -2.07. The van der Waals surface area contributed by atoms with Crippen molar-refractivity contribution >= 4 is 29.0 Å². The molecule has 0 radical (unpaired) electrons. The van der Waals surface area contributed by atoms with Crippen LogP contribution in [0.25, 0.3) is 0 Å². The summed E-state index contributed by atoms with van der Waals surface area (Å²) in [6.45, 7) is 20.0. The zero-order valence-electron chi connectivity index (χ0n) is 10.0. The third kappa shape index (κ3) is 3.49. The number of hydrogen-bond donors (Lipinski definition) is 0. The molecule has 0 atom stereocenters. The quantitative estimate of drug-likeness (QED) is 0.622. The minimum absolute atomic E-state index is 0.148. The van der Waals surface area contributed by atoms with E-state index in [0.29, 0.717) is 0 Å². The third-order valence-corrected chi connectivity index (χ3v) is 18.0. The van der Waals surface area contributed by atoms with Gasteiger partial charge in [0, 0.05) is 0 Å². The highest BCUT2D eigenvalue weighted by atomic mass is 28.4. The molecule has 0 saturated heterocycles. The lowest BCUT2D eigenvalue weighted by atomic mass is 11.7. The van der Waals surface area contributed by atoms with Crippen molar-refractivity contribution in [2.45, 2.75) is 52.4 Å². The maximum Gasteiger partial charge on any atom is 0.0631 e. The average Bonchev–Trinajstić information content (AvgIpc) is 1.49. The van der Waals surface area contributed by atoms with E-state index in [0.717, 1.165) is 0 Å². The molecule has 0 fully saturated rings. The lowest BCUT2D eigenvalue weighted by Gasteiger charge is -2.33. The van der Waals surface area contributed by atoms with Crippen LogP contribution in [-0.2, 0) is 0 Å². The molecule has 0 nitrogen and oxygen atoms in total. The van der Waals surface area contributed by atoms with Crippen LogP contribution >= 0.6 is 0 Å². The van der Waals surface area contributed by atoms with E-state index < -0.39 is 16.1 Å². The minimum Gasteiger partial charge on any atom is -0.110 e. The van der Waals surface area contributed by atoms with Gasteiger partial charge in [0.05, 0.1) is 16.1 Å². The van der Waals surface area contributed by atoms with Gasteiger partial charge in [0.1, 0.15) is 0 Å². The van der Waals surface area contributed by atoms with Gasteiger partial charge in [0.25, 0.3) is 0 Å². The van der Waals surface area contributed by atoms with E-state index in [4.69, 9.17) is 0 Å².